The number of allylic oxidation sites excluding steroid dienone is 17. The fraction of sp³-hybridized carbons (Fsp3) is 0.694. The third kappa shape index (κ3) is 31.9. The van der Waals surface area contributed by atoms with Gasteiger partial charge in [0.15, 0.2) is 12.6 Å². The summed E-state index contributed by atoms with van der Waals surface area (Å²) in [5, 5.41) is 86.8. The van der Waals surface area contributed by atoms with Crippen molar-refractivity contribution < 1.29 is 64.6 Å². The number of ether oxygens (including phenoxy) is 4. The summed E-state index contributed by atoms with van der Waals surface area (Å²) in [4.78, 5) is 13.2. The van der Waals surface area contributed by atoms with Gasteiger partial charge in [0.05, 0.1) is 32.0 Å². The molecule has 1 amide bonds. The number of rotatable bonds is 44. The number of nitrogens with one attached hydrogen (secondary N) is 1. The minimum atomic E-state index is -1.80. The van der Waals surface area contributed by atoms with Crippen LogP contribution in [0.1, 0.15) is 181 Å². The molecular formula is C62H103NO13. The number of carbonyl (C=O) groups excluding carboxylic acids is 1. The second-order valence-electron chi connectivity index (χ2n) is 20.0. The molecule has 0 bridgehead atoms. The molecule has 0 spiro atoms. The van der Waals surface area contributed by atoms with Gasteiger partial charge in [0.2, 0.25) is 5.91 Å². The number of aliphatic hydroxyl groups excluding tert-OH is 8. The van der Waals surface area contributed by atoms with Gasteiger partial charge in [-0.15, -0.1) is 0 Å². The molecule has 0 saturated carbocycles. The van der Waals surface area contributed by atoms with E-state index in [1.54, 1.807) is 6.08 Å². The van der Waals surface area contributed by atoms with E-state index in [2.05, 4.69) is 116 Å². The summed E-state index contributed by atoms with van der Waals surface area (Å²) in [5.74, 6) is -0.263. The molecule has 0 aromatic rings. The summed E-state index contributed by atoms with van der Waals surface area (Å²) in [6, 6.07) is -0.941. The minimum Gasteiger partial charge on any atom is -0.394 e. The smallest absolute Gasteiger partial charge is 0.220 e. The average molecular weight is 1070 g/mol. The van der Waals surface area contributed by atoms with E-state index in [-0.39, 0.29) is 18.9 Å². The number of unbranched alkanes of at least 4 members (excludes halogenated alkanes) is 15. The van der Waals surface area contributed by atoms with Crippen molar-refractivity contribution in [1.82, 2.24) is 5.32 Å². The Morgan fingerprint density at radius 1 is 0.487 bits per heavy atom. The number of hydrogen-bond donors (Lipinski definition) is 9. The first-order valence-electron chi connectivity index (χ1n) is 29.1. The summed E-state index contributed by atoms with van der Waals surface area (Å²) in [6.07, 6.45) is 48.5. The van der Waals surface area contributed by atoms with Gasteiger partial charge in [-0.3, -0.25) is 4.79 Å². The van der Waals surface area contributed by atoms with E-state index in [1.807, 2.05) is 6.08 Å². The van der Waals surface area contributed by atoms with Crippen molar-refractivity contribution in [3.63, 3.8) is 0 Å². The Morgan fingerprint density at radius 3 is 1.45 bits per heavy atom. The maximum Gasteiger partial charge on any atom is 0.220 e. The Bertz CT molecular complexity index is 1690. The highest BCUT2D eigenvalue weighted by Crippen LogP contribution is 2.30. The number of hydrogen-bond acceptors (Lipinski definition) is 13. The Labute approximate surface area is 457 Å². The van der Waals surface area contributed by atoms with E-state index < -0.39 is 86.8 Å². The first-order valence-corrected chi connectivity index (χ1v) is 29.1. The van der Waals surface area contributed by atoms with E-state index in [0.29, 0.717) is 12.8 Å². The maximum atomic E-state index is 13.2. The van der Waals surface area contributed by atoms with Gasteiger partial charge < -0.3 is 65.1 Å². The predicted molar refractivity (Wildman–Crippen MR) is 304 cm³/mol. The summed E-state index contributed by atoms with van der Waals surface area (Å²) in [6.45, 7) is 2.60. The first kappa shape index (κ1) is 68.8. The largest absolute Gasteiger partial charge is 0.394 e. The quantitative estimate of drug-likeness (QED) is 0.0205. The molecule has 2 saturated heterocycles. The summed E-state index contributed by atoms with van der Waals surface area (Å²) in [7, 11) is 0. The Balaban J connectivity index is 1.70. The molecule has 14 heteroatoms. The number of amides is 1. The normalized spacial score (nSPS) is 25.7. The van der Waals surface area contributed by atoms with E-state index >= 15 is 0 Å². The molecule has 0 aromatic heterocycles. The highest BCUT2D eigenvalue weighted by Gasteiger charge is 2.51. The molecular weight excluding hydrogens is 967 g/mol. The molecule has 434 valence electrons. The summed E-state index contributed by atoms with van der Waals surface area (Å²) < 4.78 is 22.7. The van der Waals surface area contributed by atoms with Crippen LogP contribution < -0.4 is 5.32 Å². The molecule has 2 rings (SSSR count). The van der Waals surface area contributed by atoms with Crippen molar-refractivity contribution in [3.05, 3.63) is 109 Å². The lowest BCUT2D eigenvalue weighted by Crippen LogP contribution is -2.65. The van der Waals surface area contributed by atoms with Gasteiger partial charge in [-0.25, -0.2) is 0 Å². The molecule has 12 atom stereocenters. The average Bonchev–Trinajstić information content (AvgIpc) is 3.42. The van der Waals surface area contributed by atoms with E-state index in [0.717, 1.165) is 83.5 Å². The van der Waals surface area contributed by atoms with Gasteiger partial charge >= 0.3 is 0 Å². The molecule has 2 fully saturated rings. The molecule has 2 aliphatic heterocycles. The van der Waals surface area contributed by atoms with Gasteiger partial charge in [0, 0.05) is 6.42 Å². The molecule has 2 aliphatic rings. The predicted octanol–water partition coefficient (Wildman–Crippen LogP) is 9.66. The van der Waals surface area contributed by atoms with E-state index in [4.69, 9.17) is 18.9 Å². The minimum absolute atomic E-state index is 0.259. The molecule has 2 heterocycles. The zero-order valence-corrected chi connectivity index (χ0v) is 46.4. The maximum absolute atomic E-state index is 13.2. The van der Waals surface area contributed by atoms with Crippen LogP contribution in [-0.2, 0) is 23.7 Å². The Kier molecular flexibility index (Phi) is 42.1. The molecule has 9 N–H and O–H groups in total. The van der Waals surface area contributed by atoms with Crippen LogP contribution in [0.25, 0.3) is 0 Å². The molecule has 0 aromatic carbocycles. The number of aliphatic hydroxyl groups is 8. The van der Waals surface area contributed by atoms with Crippen LogP contribution in [0.4, 0.5) is 0 Å². The second-order valence-corrected chi connectivity index (χ2v) is 20.0. The summed E-state index contributed by atoms with van der Waals surface area (Å²) >= 11 is 0. The molecule has 0 aliphatic carbocycles. The fourth-order valence-electron chi connectivity index (χ4n) is 8.76. The highest BCUT2D eigenvalue weighted by atomic mass is 16.7. The second kappa shape index (κ2) is 46.6. The van der Waals surface area contributed by atoms with Crippen molar-refractivity contribution in [1.29, 1.82) is 0 Å². The van der Waals surface area contributed by atoms with Crippen molar-refractivity contribution in [2.75, 3.05) is 19.8 Å². The lowest BCUT2D eigenvalue weighted by molar-refractivity contribution is -0.359. The third-order valence-electron chi connectivity index (χ3n) is 13.4. The molecule has 12 unspecified atom stereocenters. The Morgan fingerprint density at radius 2 is 0.921 bits per heavy atom. The Hall–Kier alpha value is -3.35. The lowest BCUT2D eigenvalue weighted by atomic mass is 9.97. The molecule has 76 heavy (non-hydrogen) atoms. The van der Waals surface area contributed by atoms with Gasteiger partial charge in [0.25, 0.3) is 0 Å². The van der Waals surface area contributed by atoms with Crippen LogP contribution in [0.2, 0.25) is 0 Å². The van der Waals surface area contributed by atoms with Crippen molar-refractivity contribution >= 4 is 5.91 Å². The zero-order chi connectivity index (χ0) is 55.3. The van der Waals surface area contributed by atoms with E-state index in [1.165, 1.54) is 64.2 Å². The van der Waals surface area contributed by atoms with Gasteiger partial charge in [-0.05, 0) is 89.9 Å². The zero-order valence-electron chi connectivity index (χ0n) is 46.4. The van der Waals surface area contributed by atoms with Gasteiger partial charge in [0.1, 0.15) is 48.8 Å². The van der Waals surface area contributed by atoms with Crippen LogP contribution in [0.15, 0.2) is 109 Å². The SMILES string of the molecule is CC/C=C\C/C=C\C/C=C\C/C=C\C/C=C\C/C=C\C/C=C\CCCCCCCCCCCC(=O)NC(COC1OC(CO)C(OC2OC(CO)C(O)C(O)C2O)C(O)C1O)C(O)/C=C/CC/C=C/CCCCCCC. The van der Waals surface area contributed by atoms with Crippen molar-refractivity contribution in [2.45, 2.75) is 254 Å². The van der Waals surface area contributed by atoms with Gasteiger partial charge in [-0.1, -0.05) is 194 Å². The topological polar surface area (TPSA) is 228 Å². The van der Waals surface area contributed by atoms with Gasteiger partial charge in [-0.2, -0.15) is 0 Å². The van der Waals surface area contributed by atoms with Crippen molar-refractivity contribution in [2.24, 2.45) is 0 Å². The fourth-order valence-corrected chi connectivity index (χ4v) is 8.76. The van der Waals surface area contributed by atoms with Crippen LogP contribution in [0, 0.1) is 0 Å². The third-order valence-corrected chi connectivity index (χ3v) is 13.4. The molecule has 14 nitrogen and oxygen atoms in total. The van der Waals surface area contributed by atoms with Crippen LogP contribution >= 0.6 is 0 Å². The first-order chi connectivity index (χ1) is 37.1. The number of carbonyl (C=O) groups is 1. The monoisotopic (exact) mass is 1070 g/mol. The summed E-state index contributed by atoms with van der Waals surface area (Å²) in [5.41, 5.74) is 0. The highest BCUT2D eigenvalue weighted by molar-refractivity contribution is 5.76. The lowest BCUT2D eigenvalue weighted by Gasteiger charge is -2.46. The van der Waals surface area contributed by atoms with Crippen molar-refractivity contribution in [3.8, 4) is 0 Å². The molecule has 0 radical (unpaired) electrons. The van der Waals surface area contributed by atoms with Crippen LogP contribution in [0.5, 0.6) is 0 Å². The standard InChI is InChI=1S/C62H103NO13/c1-3-5-7-9-11-13-15-16-17-18-19-20-21-22-23-24-25-26-27-28-29-30-31-32-33-34-36-38-40-42-44-46-54(67)63-50(51(66)45-43-41-39-37-35-14-12-10-8-6-4-2)49-73-61-59(72)57(70)60(53(48-65)75-61)76-62-58(71)56(69)55(68)52(47-64)74-62/h5,7,11,13,16-17,19-20,22-23,25-26,28-29,35,37,43,45,50-53,55-62,64-66,68-72H,3-4,6,8-10,12,14-15,18,21,24,27,30-34,36,38-42,44,46-49H2,1-2H3,(H,63,67)/b7-5-,13-11-,17-16-,20-19-,23-22-,26-25-,29-28-,37-35+,45-43+. The van der Waals surface area contributed by atoms with Crippen LogP contribution in [0.3, 0.4) is 0 Å². The van der Waals surface area contributed by atoms with Crippen LogP contribution in [-0.4, -0.2) is 140 Å². The van der Waals surface area contributed by atoms with E-state index in [9.17, 15) is 45.6 Å².